The molecule has 0 aliphatic rings. The molecule has 1 rings (SSSR count). The molecule has 0 radical (unpaired) electrons. The summed E-state index contributed by atoms with van der Waals surface area (Å²) in [6.07, 6.45) is 6.76. The van der Waals surface area contributed by atoms with E-state index in [4.69, 9.17) is 5.73 Å². The van der Waals surface area contributed by atoms with Crippen molar-refractivity contribution in [3.8, 4) is 0 Å². The number of nitrogens with two attached hydrogens (primary N) is 1. The van der Waals surface area contributed by atoms with Gasteiger partial charge in [-0.3, -0.25) is 0 Å². The molecule has 0 aliphatic carbocycles. The fourth-order valence-corrected chi connectivity index (χ4v) is 2.75. The molecule has 90 valence electrons. The Hall–Kier alpha value is -0.630. The molecule has 2 N–H and O–H groups in total. The Morgan fingerprint density at radius 1 is 1.12 bits per heavy atom. The Kier molecular flexibility index (Phi) is 6.39. The maximum Gasteiger partial charge on any atom is 0.0354 e. The molecule has 1 nitrogen and oxygen atoms in total. The van der Waals surface area contributed by atoms with E-state index in [9.17, 15) is 0 Å². The van der Waals surface area contributed by atoms with Crippen molar-refractivity contribution < 1.29 is 0 Å². The van der Waals surface area contributed by atoms with Crippen LogP contribution in [-0.4, -0.2) is 5.75 Å². The Morgan fingerprint density at radius 3 is 2.62 bits per heavy atom. The lowest BCUT2D eigenvalue weighted by molar-refractivity contribution is 0.659. The minimum atomic E-state index is 0.913. The highest BCUT2D eigenvalue weighted by Crippen LogP contribution is 2.26. The van der Waals surface area contributed by atoms with Crippen LogP contribution in [0, 0.1) is 6.92 Å². The average molecular weight is 237 g/mol. The van der Waals surface area contributed by atoms with E-state index in [1.54, 1.807) is 0 Å². The summed E-state index contributed by atoms with van der Waals surface area (Å²) in [6.45, 7) is 4.36. The first kappa shape index (κ1) is 13.4. The number of hydrogen-bond acceptors (Lipinski definition) is 2. The summed E-state index contributed by atoms with van der Waals surface area (Å²) in [4.78, 5) is 1.34. The zero-order valence-corrected chi connectivity index (χ0v) is 11.3. The van der Waals surface area contributed by atoms with Crippen molar-refractivity contribution in [3.05, 3.63) is 23.8 Å². The molecule has 2 heteroatoms. The van der Waals surface area contributed by atoms with Crippen LogP contribution in [0.2, 0.25) is 0 Å². The maximum absolute atomic E-state index is 5.88. The number of hydrogen-bond donors (Lipinski definition) is 1. The third-order valence-corrected chi connectivity index (χ3v) is 4.08. The van der Waals surface area contributed by atoms with Crippen LogP contribution in [0.1, 0.15) is 44.6 Å². The fraction of sp³-hybridized carbons (Fsp3) is 0.571. The number of thioether (sulfide) groups is 1. The summed E-state index contributed by atoms with van der Waals surface area (Å²) in [6, 6.07) is 6.19. The molecular formula is C14H23NS. The zero-order valence-electron chi connectivity index (χ0n) is 10.5. The topological polar surface area (TPSA) is 26.0 Å². The van der Waals surface area contributed by atoms with E-state index in [-0.39, 0.29) is 0 Å². The van der Waals surface area contributed by atoms with Crippen molar-refractivity contribution >= 4 is 17.4 Å². The normalized spacial score (nSPS) is 10.6. The van der Waals surface area contributed by atoms with Crippen molar-refractivity contribution in [2.24, 2.45) is 0 Å². The second kappa shape index (κ2) is 7.61. The molecule has 0 amide bonds. The third kappa shape index (κ3) is 4.48. The van der Waals surface area contributed by atoms with E-state index in [0.717, 1.165) is 5.69 Å². The largest absolute Gasteiger partial charge is 0.398 e. The van der Waals surface area contributed by atoms with Gasteiger partial charge in [0.2, 0.25) is 0 Å². The number of unbranched alkanes of at least 4 members (excludes halogenated alkanes) is 4. The van der Waals surface area contributed by atoms with Crippen molar-refractivity contribution in [3.63, 3.8) is 0 Å². The highest BCUT2D eigenvalue weighted by atomic mass is 32.2. The highest BCUT2D eigenvalue weighted by molar-refractivity contribution is 7.99. The molecule has 0 saturated heterocycles. The molecule has 1 aromatic carbocycles. The standard InChI is InChI=1S/C14H23NS/c1-3-4-5-6-7-11-16-14-10-8-9-13(15)12(14)2/h8-10H,3-7,11,15H2,1-2H3. The predicted molar refractivity (Wildman–Crippen MR) is 75.1 cm³/mol. The number of benzene rings is 1. The van der Waals surface area contributed by atoms with Gasteiger partial charge in [0.15, 0.2) is 0 Å². The number of nitrogen functional groups attached to an aromatic ring is 1. The van der Waals surface area contributed by atoms with Gasteiger partial charge in [-0.2, -0.15) is 0 Å². The van der Waals surface area contributed by atoms with Crippen molar-refractivity contribution in [1.29, 1.82) is 0 Å². The molecule has 0 heterocycles. The molecule has 0 unspecified atom stereocenters. The lowest BCUT2D eigenvalue weighted by atomic mass is 10.2. The summed E-state index contributed by atoms with van der Waals surface area (Å²) in [5, 5.41) is 0. The molecule has 0 spiro atoms. The Labute approximate surface area is 104 Å². The third-order valence-electron chi connectivity index (χ3n) is 2.83. The van der Waals surface area contributed by atoms with Crippen LogP contribution in [0.15, 0.2) is 23.1 Å². The Morgan fingerprint density at radius 2 is 1.88 bits per heavy atom. The van der Waals surface area contributed by atoms with Gasteiger partial charge >= 0.3 is 0 Å². The monoisotopic (exact) mass is 237 g/mol. The van der Waals surface area contributed by atoms with Crippen LogP contribution >= 0.6 is 11.8 Å². The first-order valence-electron chi connectivity index (χ1n) is 6.23. The predicted octanol–water partition coefficient (Wildman–Crippen LogP) is 4.64. The van der Waals surface area contributed by atoms with Crippen LogP contribution in [-0.2, 0) is 0 Å². The molecule has 0 fully saturated rings. The lowest BCUT2D eigenvalue weighted by Gasteiger charge is -2.07. The van der Waals surface area contributed by atoms with E-state index in [2.05, 4.69) is 19.9 Å². The Bertz CT molecular complexity index is 310. The van der Waals surface area contributed by atoms with Gasteiger partial charge in [-0.25, -0.2) is 0 Å². The fourth-order valence-electron chi connectivity index (χ4n) is 1.68. The van der Waals surface area contributed by atoms with Gasteiger partial charge in [0.05, 0.1) is 0 Å². The molecule has 0 atom stereocenters. The molecule has 0 aromatic heterocycles. The van der Waals surface area contributed by atoms with Gasteiger partial charge in [-0.05, 0) is 36.8 Å². The van der Waals surface area contributed by atoms with Crippen molar-refractivity contribution in [2.75, 3.05) is 11.5 Å². The van der Waals surface area contributed by atoms with Crippen molar-refractivity contribution in [2.45, 2.75) is 50.8 Å². The van der Waals surface area contributed by atoms with Gasteiger partial charge in [0.25, 0.3) is 0 Å². The molecule has 0 saturated carbocycles. The summed E-state index contributed by atoms with van der Waals surface area (Å²) in [5.74, 6) is 1.22. The van der Waals surface area contributed by atoms with E-state index in [1.165, 1.54) is 48.3 Å². The lowest BCUT2D eigenvalue weighted by Crippen LogP contribution is -1.91. The summed E-state index contributed by atoms with van der Waals surface area (Å²) < 4.78 is 0. The minimum Gasteiger partial charge on any atom is -0.398 e. The molecule has 1 aromatic rings. The SMILES string of the molecule is CCCCCCCSc1cccc(N)c1C. The van der Waals surface area contributed by atoms with Crippen LogP contribution in [0.4, 0.5) is 5.69 Å². The first-order chi connectivity index (χ1) is 7.75. The zero-order chi connectivity index (χ0) is 11.8. The van der Waals surface area contributed by atoms with Crippen LogP contribution < -0.4 is 5.73 Å². The van der Waals surface area contributed by atoms with Gasteiger partial charge in [-0.1, -0.05) is 38.7 Å². The van der Waals surface area contributed by atoms with E-state index >= 15 is 0 Å². The molecule has 0 aliphatic heterocycles. The summed E-state index contributed by atoms with van der Waals surface area (Å²) in [7, 11) is 0. The molecule has 16 heavy (non-hydrogen) atoms. The van der Waals surface area contributed by atoms with Gasteiger partial charge in [-0.15, -0.1) is 11.8 Å². The summed E-state index contributed by atoms with van der Waals surface area (Å²) in [5.41, 5.74) is 8.03. The van der Waals surface area contributed by atoms with Gasteiger partial charge in [0, 0.05) is 10.6 Å². The number of anilines is 1. The van der Waals surface area contributed by atoms with Gasteiger partial charge < -0.3 is 5.73 Å². The van der Waals surface area contributed by atoms with Crippen LogP contribution in [0.3, 0.4) is 0 Å². The van der Waals surface area contributed by atoms with Crippen molar-refractivity contribution in [1.82, 2.24) is 0 Å². The van der Waals surface area contributed by atoms with E-state index < -0.39 is 0 Å². The second-order valence-corrected chi connectivity index (χ2v) is 5.37. The maximum atomic E-state index is 5.88. The average Bonchev–Trinajstić information content (AvgIpc) is 2.29. The van der Waals surface area contributed by atoms with E-state index in [0.29, 0.717) is 0 Å². The van der Waals surface area contributed by atoms with Gasteiger partial charge in [0.1, 0.15) is 0 Å². The minimum absolute atomic E-state index is 0.913. The first-order valence-corrected chi connectivity index (χ1v) is 7.22. The Balaban J connectivity index is 2.24. The highest BCUT2D eigenvalue weighted by Gasteiger charge is 2.01. The second-order valence-electron chi connectivity index (χ2n) is 4.23. The molecular weight excluding hydrogens is 214 g/mol. The van der Waals surface area contributed by atoms with Crippen LogP contribution in [0.25, 0.3) is 0 Å². The van der Waals surface area contributed by atoms with Crippen LogP contribution in [0.5, 0.6) is 0 Å². The molecule has 0 bridgehead atoms. The van der Waals surface area contributed by atoms with E-state index in [1.807, 2.05) is 23.9 Å². The number of rotatable bonds is 7. The smallest absolute Gasteiger partial charge is 0.0354 e. The quantitative estimate of drug-likeness (QED) is 0.425. The summed E-state index contributed by atoms with van der Waals surface area (Å²) >= 11 is 1.94.